The molecule has 3 aromatic rings. The molecule has 2 fully saturated rings. The summed E-state index contributed by atoms with van der Waals surface area (Å²) in [6.45, 7) is 1.24. The fourth-order valence-electron chi connectivity index (χ4n) is 4.65. The Morgan fingerprint density at radius 3 is 2.44 bits per heavy atom. The van der Waals surface area contributed by atoms with E-state index in [0.717, 1.165) is 48.1 Å². The number of likely N-dealkylation sites (tertiary alicyclic amines) is 1. The lowest BCUT2D eigenvalue weighted by Gasteiger charge is -2.31. The number of amides is 2. The Morgan fingerprint density at radius 1 is 1.06 bits per heavy atom. The fraction of sp³-hybridized carbons (Fsp3) is 0.417. The summed E-state index contributed by atoms with van der Waals surface area (Å²) in [5.41, 5.74) is 3.83. The maximum Gasteiger partial charge on any atom is 0.255 e. The number of nitrogens with zero attached hydrogens (tertiary/aromatic N) is 4. The molecule has 0 bridgehead atoms. The summed E-state index contributed by atoms with van der Waals surface area (Å²) in [7, 11) is 3.54. The van der Waals surface area contributed by atoms with Crippen LogP contribution in [0, 0.1) is 0 Å². The molecule has 7 nitrogen and oxygen atoms in total. The number of piperidine rings is 1. The van der Waals surface area contributed by atoms with E-state index in [0.29, 0.717) is 35.2 Å². The molecule has 2 aliphatic rings. The van der Waals surface area contributed by atoms with Gasteiger partial charge >= 0.3 is 0 Å². The quantitative estimate of drug-likeness (QED) is 0.652. The Bertz CT molecular complexity index is 1210. The maximum atomic E-state index is 12.9. The maximum absolute atomic E-state index is 12.9. The van der Waals surface area contributed by atoms with Crippen molar-refractivity contribution in [1.29, 1.82) is 0 Å². The first kappa shape index (κ1) is 20.9. The third-order valence-corrected chi connectivity index (χ3v) is 6.91. The van der Waals surface area contributed by atoms with Gasteiger partial charge < -0.3 is 10.2 Å². The van der Waals surface area contributed by atoms with Crippen LogP contribution < -0.4 is 5.32 Å². The van der Waals surface area contributed by atoms with Crippen LogP contribution in [0.1, 0.15) is 69.6 Å². The lowest BCUT2D eigenvalue weighted by molar-refractivity contribution is 0.0712. The van der Waals surface area contributed by atoms with Crippen LogP contribution in [0.5, 0.6) is 0 Å². The van der Waals surface area contributed by atoms with E-state index < -0.39 is 0 Å². The van der Waals surface area contributed by atoms with Crippen LogP contribution in [0.15, 0.2) is 30.3 Å². The van der Waals surface area contributed by atoms with Crippen molar-refractivity contribution >= 4 is 34.4 Å². The van der Waals surface area contributed by atoms with E-state index in [9.17, 15) is 9.59 Å². The molecular formula is C24H26ClN5O2. The largest absolute Gasteiger partial charge is 0.355 e. The van der Waals surface area contributed by atoms with E-state index in [4.69, 9.17) is 21.7 Å². The molecule has 0 atom stereocenters. The van der Waals surface area contributed by atoms with Crippen molar-refractivity contribution in [2.75, 3.05) is 20.1 Å². The normalized spacial score (nSPS) is 17.0. The number of carbonyl (C=O) groups is 2. The molecule has 0 unspecified atom stereocenters. The second-order valence-corrected chi connectivity index (χ2v) is 9.11. The number of rotatable bonds is 4. The van der Waals surface area contributed by atoms with Crippen molar-refractivity contribution in [2.24, 2.45) is 7.05 Å². The van der Waals surface area contributed by atoms with Gasteiger partial charge in [0, 0.05) is 44.7 Å². The number of nitrogens with one attached hydrogen (secondary N) is 1. The van der Waals surface area contributed by atoms with Crippen LogP contribution >= 0.6 is 11.6 Å². The van der Waals surface area contributed by atoms with Gasteiger partial charge in [-0.05, 0) is 43.9 Å². The molecule has 32 heavy (non-hydrogen) atoms. The summed E-state index contributed by atoms with van der Waals surface area (Å²) in [6, 6.07) is 9.10. The zero-order valence-corrected chi connectivity index (χ0v) is 19.0. The van der Waals surface area contributed by atoms with Crippen molar-refractivity contribution < 1.29 is 9.59 Å². The van der Waals surface area contributed by atoms with Crippen LogP contribution in [-0.2, 0) is 7.05 Å². The minimum atomic E-state index is -0.111. The summed E-state index contributed by atoms with van der Waals surface area (Å²) in [4.78, 5) is 32.4. The molecule has 2 aromatic heterocycles. The number of hydrogen-bond donors (Lipinski definition) is 1. The van der Waals surface area contributed by atoms with Crippen LogP contribution in [-0.4, -0.2) is 51.6 Å². The van der Waals surface area contributed by atoms with Gasteiger partial charge in [0.15, 0.2) is 5.65 Å². The lowest BCUT2D eigenvalue weighted by Crippen LogP contribution is -2.38. The van der Waals surface area contributed by atoms with E-state index in [2.05, 4.69) is 5.32 Å². The highest BCUT2D eigenvalue weighted by molar-refractivity contribution is 6.33. The molecular weight excluding hydrogens is 426 g/mol. The molecule has 0 radical (unpaired) electrons. The number of pyridine rings is 1. The van der Waals surface area contributed by atoms with E-state index in [1.165, 1.54) is 0 Å². The molecule has 8 heteroatoms. The molecule has 2 amide bonds. The van der Waals surface area contributed by atoms with Crippen molar-refractivity contribution in [3.8, 4) is 0 Å². The van der Waals surface area contributed by atoms with E-state index >= 15 is 0 Å². The number of hydrogen-bond acceptors (Lipinski definition) is 4. The molecule has 5 rings (SSSR count). The standard InChI is InChI=1S/C24H26ClN5O2/c1-26-23(31)17-13-19(14-7-8-14)27-22-20(17)21(28-29(22)2)15-9-11-30(12-10-15)24(32)16-5-3-4-6-18(16)25/h3-6,13-15H,7-12H2,1-2H3,(H,26,31). The van der Waals surface area contributed by atoms with Gasteiger partial charge in [0.2, 0.25) is 0 Å². The second kappa shape index (κ2) is 8.20. The Hall–Kier alpha value is -2.93. The van der Waals surface area contributed by atoms with Gasteiger partial charge in [0.25, 0.3) is 11.8 Å². The molecule has 1 aliphatic carbocycles. The highest BCUT2D eigenvalue weighted by Gasteiger charge is 2.32. The van der Waals surface area contributed by atoms with Crippen LogP contribution in [0.2, 0.25) is 5.02 Å². The summed E-state index contributed by atoms with van der Waals surface area (Å²) >= 11 is 6.23. The summed E-state index contributed by atoms with van der Waals surface area (Å²) < 4.78 is 1.80. The average molecular weight is 452 g/mol. The minimum absolute atomic E-state index is 0.0401. The molecule has 1 saturated carbocycles. The first-order valence-corrected chi connectivity index (χ1v) is 11.5. The van der Waals surface area contributed by atoms with Crippen LogP contribution in [0.4, 0.5) is 0 Å². The summed E-state index contributed by atoms with van der Waals surface area (Å²) in [6.07, 6.45) is 3.79. The van der Waals surface area contributed by atoms with Gasteiger partial charge in [-0.2, -0.15) is 5.10 Å². The number of aryl methyl sites for hydroxylation is 1. The van der Waals surface area contributed by atoms with E-state index in [1.54, 1.807) is 23.9 Å². The van der Waals surface area contributed by atoms with Gasteiger partial charge in [0.05, 0.1) is 27.2 Å². The lowest BCUT2D eigenvalue weighted by atomic mass is 9.90. The van der Waals surface area contributed by atoms with E-state index in [-0.39, 0.29) is 17.7 Å². The zero-order chi connectivity index (χ0) is 22.4. The second-order valence-electron chi connectivity index (χ2n) is 8.70. The van der Waals surface area contributed by atoms with Crippen molar-refractivity contribution in [1.82, 2.24) is 25.0 Å². The first-order chi connectivity index (χ1) is 15.5. The van der Waals surface area contributed by atoms with Gasteiger partial charge in [0.1, 0.15) is 0 Å². The highest BCUT2D eigenvalue weighted by Crippen LogP contribution is 2.41. The number of fused-ring (bicyclic) bond motifs is 1. The summed E-state index contributed by atoms with van der Waals surface area (Å²) in [5.74, 6) is 0.452. The van der Waals surface area contributed by atoms with Gasteiger partial charge in [-0.25, -0.2) is 4.98 Å². The Kier molecular flexibility index (Phi) is 5.37. The number of carbonyl (C=O) groups excluding carboxylic acids is 2. The van der Waals surface area contributed by atoms with Crippen molar-refractivity contribution in [3.63, 3.8) is 0 Å². The van der Waals surface area contributed by atoms with Gasteiger partial charge in [-0.15, -0.1) is 0 Å². The highest BCUT2D eigenvalue weighted by atomic mass is 35.5. The Morgan fingerprint density at radius 2 is 1.78 bits per heavy atom. The molecule has 1 aromatic carbocycles. The number of halogens is 1. The minimum Gasteiger partial charge on any atom is -0.355 e. The number of aromatic nitrogens is 3. The first-order valence-electron chi connectivity index (χ1n) is 11.1. The van der Waals surface area contributed by atoms with Gasteiger partial charge in [-0.1, -0.05) is 23.7 Å². The van der Waals surface area contributed by atoms with Crippen LogP contribution in [0.25, 0.3) is 11.0 Å². The average Bonchev–Trinajstić information content (AvgIpc) is 3.62. The molecule has 1 N–H and O–H groups in total. The SMILES string of the molecule is CNC(=O)c1cc(C2CC2)nc2c1c(C1CCN(C(=O)c3ccccc3Cl)CC1)nn2C. The monoisotopic (exact) mass is 451 g/mol. The Labute approximate surface area is 191 Å². The topological polar surface area (TPSA) is 80.1 Å². The third-order valence-electron chi connectivity index (χ3n) is 6.58. The van der Waals surface area contributed by atoms with Crippen molar-refractivity contribution in [3.05, 3.63) is 57.9 Å². The molecule has 0 spiro atoms. The molecule has 1 saturated heterocycles. The summed E-state index contributed by atoms with van der Waals surface area (Å²) in [5, 5.41) is 8.89. The fourth-order valence-corrected chi connectivity index (χ4v) is 4.86. The zero-order valence-electron chi connectivity index (χ0n) is 18.3. The van der Waals surface area contributed by atoms with E-state index in [1.807, 2.05) is 30.1 Å². The molecule has 166 valence electrons. The van der Waals surface area contributed by atoms with Crippen LogP contribution in [0.3, 0.4) is 0 Å². The third kappa shape index (κ3) is 3.64. The number of benzene rings is 1. The van der Waals surface area contributed by atoms with Gasteiger partial charge in [-0.3, -0.25) is 14.3 Å². The molecule has 3 heterocycles. The Balaban J connectivity index is 1.44. The van der Waals surface area contributed by atoms with Crippen molar-refractivity contribution in [2.45, 2.75) is 37.5 Å². The molecule has 1 aliphatic heterocycles. The predicted octanol–water partition coefficient (Wildman–Crippen LogP) is 3.88. The smallest absolute Gasteiger partial charge is 0.255 e. The predicted molar refractivity (Wildman–Crippen MR) is 123 cm³/mol.